The summed E-state index contributed by atoms with van der Waals surface area (Å²) >= 11 is 0. The third-order valence-electron chi connectivity index (χ3n) is 2.55. The van der Waals surface area contributed by atoms with Crippen molar-refractivity contribution < 1.29 is 0 Å². The minimum absolute atomic E-state index is 0.285. The summed E-state index contributed by atoms with van der Waals surface area (Å²) in [7, 11) is 2.03. The molecule has 3 nitrogen and oxygen atoms in total. The molecular weight excluding hydrogens is 186 g/mol. The molecule has 0 aliphatic heterocycles. The fourth-order valence-electron chi connectivity index (χ4n) is 1.35. The van der Waals surface area contributed by atoms with E-state index in [4.69, 9.17) is 11.0 Å². The van der Waals surface area contributed by atoms with Crippen LogP contribution in [0.4, 0.5) is 5.69 Å². The molecule has 15 heavy (non-hydrogen) atoms. The Bertz CT molecular complexity index is 337. The standard InChI is InChI=1S/C12H17N3/c1-10(7-8-13)15(2)9-11-3-5-12(14)6-4-11/h3-6,10H,7,9,14H2,1-2H3. The summed E-state index contributed by atoms with van der Waals surface area (Å²) in [6.45, 7) is 2.91. The number of hydrogen-bond acceptors (Lipinski definition) is 3. The summed E-state index contributed by atoms with van der Waals surface area (Å²) < 4.78 is 0. The lowest BCUT2D eigenvalue weighted by molar-refractivity contribution is 0.252. The van der Waals surface area contributed by atoms with Crippen LogP contribution in [-0.4, -0.2) is 18.0 Å². The number of nitrogens with two attached hydrogens (primary N) is 1. The Hall–Kier alpha value is -1.53. The normalized spacial score (nSPS) is 12.4. The van der Waals surface area contributed by atoms with Crippen molar-refractivity contribution in [3.05, 3.63) is 29.8 Å². The lowest BCUT2D eigenvalue weighted by Gasteiger charge is -2.22. The second kappa shape index (κ2) is 5.38. The zero-order valence-electron chi connectivity index (χ0n) is 9.27. The van der Waals surface area contributed by atoms with Crippen LogP contribution in [0, 0.1) is 11.3 Å². The molecule has 0 spiro atoms. The van der Waals surface area contributed by atoms with Crippen molar-refractivity contribution in [2.75, 3.05) is 12.8 Å². The van der Waals surface area contributed by atoms with E-state index in [0.29, 0.717) is 6.42 Å². The number of nitrogen functional groups attached to an aromatic ring is 1. The molecule has 0 fully saturated rings. The highest BCUT2D eigenvalue weighted by Crippen LogP contribution is 2.10. The van der Waals surface area contributed by atoms with E-state index < -0.39 is 0 Å². The van der Waals surface area contributed by atoms with E-state index in [1.807, 2.05) is 31.3 Å². The maximum Gasteiger partial charge on any atom is 0.0638 e. The van der Waals surface area contributed by atoms with Gasteiger partial charge in [0.25, 0.3) is 0 Å². The quantitative estimate of drug-likeness (QED) is 0.761. The maximum atomic E-state index is 8.59. The average molecular weight is 203 g/mol. The first kappa shape index (κ1) is 11.5. The number of hydrogen-bond donors (Lipinski definition) is 1. The van der Waals surface area contributed by atoms with Gasteiger partial charge in [-0.2, -0.15) is 5.26 Å². The van der Waals surface area contributed by atoms with Gasteiger partial charge < -0.3 is 5.73 Å². The van der Waals surface area contributed by atoms with Gasteiger partial charge in [0.15, 0.2) is 0 Å². The molecular formula is C12H17N3. The first-order valence-corrected chi connectivity index (χ1v) is 5.05. The van der Waals surface area contributed by atoms with E-state index in [1.165, 1.54) is 5.56 Å². The summed E-state index contributed by atoms with van der Waals surface area (Å²) in [5, 5.41) is 8.59. The minimum atomic E-state index is 0.285. The molecule has 0 amide bonds. The average Bonchev–Trinajstić information content (AvgIpc) is 2.22. The molecule has 1 aromatic carbocycles. The van der Waals surface area contributed by atoms with Crippen molar-refractivity contribution in [1.29, 1.82) is 5.26 Å². The smallest absolute Gasteiger partial charge is 0.0638 e. The molecule has 0 saturated carbocycles. The second-order valence-electron chi connectivity index (χ2n) is 3.87. The van der Waals surface area contributed by atoms with Gasteiger partial charge in [0.05, 0.1) is 12.5 Å². The third kappa shape index (κ3) is 3.61. The van der Waals surface area contributed by atoms with Crippen molar-refractivity contribution in [2.45, 2.75) is 25.9 Å². The molecule has 0 aliphatic rings. The van der Waals surface area contributed by atoms with Crippen LogP contribution in [0.25, 0.3) is 0 Å². The van der Waals surface area contributed by atoms with E-state index in [9.17, 15) is 0 Å². The van der Waals surface area contributed by atoms with Crippen LogP contribution in [-0.2, 0) is 6.54 Å². The van der Waals surface area contributed by atoms with E-state index in [-0.39, 0.29) is 6.04 Å². The van der Waals surface area contributed by atoms with Gasteiger partial charge in [-0.05, 0) is 31.7 Å². The monoisotopic (exact) mass is 203 g/mol. The number of benzene rings is 1. The first-order chi connectivity index (χ1) is 7.13. The highest BCUT2D eigenvalue weighted by atomic mass is 15.1. The van der Waals surface area contributed by atoms with Gasteiger partial charge in [-0.15, -0.1) is 0 Å². The Morgan fingerprint density at radius 2 is 2.00 bits per heavy atom. The lowest BCUT2D eigenvalue weighted by atomic mass is 10.1. The Kier molecular flexibility index (Phi) is 4.14. The third-order valence-corrected chi connectivity index (χ3v) is 2.55. The molecule has 0 radical (unpaired) electrons. The SMILES string of the molecule is CC(CC#N)N(C)Cc1ccc(N)cc1. The Labute approximate surface area is 91.1 Å². The van der Waals surface area contributed by atoms with Gasteiger partial charge in [-0.1, -0.05) is 12.1 Å². The number of anilines is 1. The molecule has 1 rings (SSSR count). The highest BCUT2D eigenvalue weighted by molar-refractivity contribution is 5.39. The zero-order chi connectivity index (χ0) is 11.3. The van der Waals surface area contributed by atoms with E-state index in [2.05, 4.69) is 17.9 Å². The van der Waals surface area contributed by atoms with Gasteiger partial charge in [-0.25, -0.2) is 0 Å². The van der Waals surface area contributed by atoms with Crippen LogP contribution in [0.5, 0.6) is 0 Å². The van der Waals surface area contributed by atoms with Crippen LogP contribution in [0.3, 0.4) is 0 Å². The molecule has 80 valence electrons. The van der Waals surface area contributed by atoms with E-state index in [1.54, 1.807) is 0 Å². The van der Waals surface area contributed by atoms with Gasteiger partial charge in [0, 0.05) is 18.3 Å². The van der Waals surface area contributed by atoms with Crippen LogP contribution >= 0.6 is 0 Å². The maximum absolute atomic E-state index is 8.59. The number of nitrogens with zero attached hydrogens (tertiary/aromatic N) is 2. The van der Waals surface area contributed by atoms with Crippen molar-refractivity contribution in [3.63, 3.8) is 0 Å². The molecule has 0 heterocycles. The van der Waals surface area contributed by atoms with Gasteiger partial charge in [-0.3, -0.25) is 4.90 Å². The van der Waals surface area contributed by atoms with Crippen molar-refractivity contribution in [3.8, 4) is 6.07 Å². The second-order valence-corrected chi connectivity index (χ2v) is 3.87. The molecule has 1 aromatic rings. The summed E-state index contributed by atoms with van der Waals surface area (Å²) in [6, 6.07) is 10.3. The lowest BCUT2D eigenvalue weighted by Crippen LogP contribution is -2.28. The molecule has 1 atom stereocenters. The summed E-state index contributed by atoms with van der Waals surface area (Å²) in [5.41, 5.74) is 7.61. The predicted octanol–water partition coefficient (Wildman–Crippen LogP) is 2.00. The largest absolute Gasteiger partial charge is 0.399 e. The van der Waals surface area contributed by atoms with Gasteiger partial charge in [0.1, 0.15) is 0 Å². The molecule has 0 saturated heterocycles. The van der Waals surface area contributed by atoms with Crippen molar-refractivity contribution in [2.24, 2.45) is 0 Å². The van der Waals surface area contributed by atoms with Gasteiger partial charge in [0.2, 0.25) is 0 Å². The molecule has 0 aliphatic carbocycles. The Morgan fingerprint density at radius 3 is 2.53 bits per heavy atom. The summed E-state index contributed by atoms with van der Waals surface area (Å²) in [6.07, 6.45) is 0.561. The summed E-state index contributed by atoms with van der Waals surface area (Å²) in [4.78, 5) is 2.16. The minimum Gasteiger partial charge on any atom is -0.399 e. The molecule has 1 unspecified atom stereocenters. The van der Waals surface area contributed by atoms with Crippen LogP contribution in [0.2, 0.25) is 0 Å². The van der Waals surface area contributed by atoms with E-state index in [0.717, 1.165) is 12.2 Å². The molecule has 3 heteroatoms. The van der Waals surface area contributed by atoms with E-state index >= 15 is 0 Å². The zero-order valence-corrected chi connectivity index (χ0v) is 9.27. The fraction of sp³-hybridized carbons (Fsp3) is 0.417. The fourth-order valence-corrected chi connectivity index (χ4v) is 1.35. The Morgan fingerprint density at radius 1 is 1.40 bits per heavy atom. The summed E-state index contributed by atoms with van der Waals surface area (Å²) in [5.74, 6) is 0. The van der Waals surface area contributed by atoms with Crippen molar-refractivity contribution >= 4 is 5.69 Å². The van der Waals surface area contributed by atoms with Crippen LogP contribution < -0.4 is 5.73 Å². The molecule has 2 N–H and O–H groups in total. The first-order valence-electron chi connectivity index (χ1n) is 5.05. The number of rotatable bonds is 4. The van der Waals surface area contributed by atoms with Crippen molar-refractivity contribution in [1.82, 2.24) is 4.90 Å². The van der Waals surface area contributed by atoms with Gasteiger partial charge >= 0.3 is 0 Å². The topological polar surface area (TPSA) is 53.0 Å². The molecule has 0 aromatic heterocycles. The predicted molar refractivity (Wildman–Crippen MR) is 62.0 cm³/mol. The van der Waals surface area contributed by atoms with Crippen LogP contribution in [0.1, 0.15) is 18.9 Å². The highest BCUT2D eigenvalue weighted by Gasteiger charge is 2.08. The number of nitriles is 1. The Balaban J connectivity index is 2.55. The molecule has 0 bridgehead atoms. The van der Waals surface area contributed by atoms with Crippen LogP contribution in [0.15, 0.2) is 24.3 Å².